The van der Waals surface area contributed by atoms with E-state index < -0.39 is 0 Å². The first-order valence-electron chi connectivity index (χ1n) is 5.86. The van der Waals surface area contributed by atoms with Crippen LogP contribution in [0.4, 0.5) is 11.4 Å². The van der Waals surface area contributed by atoms with Gasteiger partial charge >= 0.3 is 0 Å². The Morgan fingerprint density at radius 1 is 0.800 bits per heavy atom. The summed E-state index contributed by atoms with van der Waals surface area (Å²) in [6, 6.07) is 14.4. The van der Waals surface area contributed by atoms with E-state index >= 15 is 0 Å². The van der Waals surface area contributed by atoms with Gasteiger partial charge < -0.3 is 0 Å². The molecule has 2 aromatic carbocycles. The maximum absolute atomic E-state index is 10.3. The first-order valence-corrected chi connectivity index (χ1v) is 5.86. The molecule has 0 saturated heterocycles. The van der Waals surface area contributed by atoms with Crippen LogP contribution in [0.15, 0.2) is 58.5 Å². The molecule has 0 spiro atoms. The van der Waals surface area contributed by atoms with Gasteiger partial charge in [-0.15, -0.1) is 0 Å². The van der Waals surface area contributed by atoms with Crippen molar-refractivity contribution in [1.29, 1.82) is 0 Å². The minimum absolute atomic E-state index is 0.558. The number of carbonyl (C=O) groups excluding carboxylic acids is 2. The zero-order valence-electron chi connectivity index (χ0n) is 10.5. The van der Waals surface area contributed by atoms with Crippen molar-refractivity contribution >= 4 is 35.7 Å². The number of hydrogen-bond acceptors (Lipinski definition) is 4. The Labute approximate surface area is 115 Å². The lowest BCUT2D eigenvalue weighted by Gasteiger charge is -1.98. The van der Waals surface area contributed by atoms with E-state index in [1.807, 2.05) is 36.4 Å². The molecule has 0 radical (unpaired) electrons. The van der Waals surface area contributed by atoms with Crippen LogP contribution in [0.2, 0.25) is 0 Å². The number of nitrogens with zero attached hydrogens (tertiary/aromatic N) is 2. The van der Waals surface area contributed by atoms with E-state index in [9.17, 15) is 9.59 Å². The highest BCUT2D eigenvalue weighted by atomic mass is 16.1. The third kappa shape index (κ3) is 3.47. The van der Waals surface area contributed by atoms with Crippen molar-refractivity contribution in [2.45, 2.75) is 0 Å². The van der Waals surface area contributed by atoms with E-state index in [0.29, 0.717) is 11.4 Å². The van der Waals surface area contributed by atoms with E-state index in [0.717, 1.165) is 11.1 Å². The van der Waals surface area contributed by atoms with E-state index in [4.69, 9.17) is 0 Å². The van der Waals surface area contributed by atoms with Crippen molar-refractivity contribution in [3.8, 4) is 0 Å². The van der Waals surface area contributed by atoms with Crippen LogP contribution >= 0.6 is 0 Å². The zero-order valence-corrected chi connectivity index (χ0v) is 10.5. The van der Waals surface area contributed by atoms with Crippen LogP contribution in [0.1, 0.15) is 11.1 Å². The summed E-state index contributed by atoms with van der Waals surface area (Å²) < 4.78 is 0. The molecule has 2 rings (SSSR count). The summed E-state index contributed by atoms with van der Waals surface area (Å²) in [6.07, 6.45) is 6.76. The van der Waals surface area contributed by atoms with E-state index in [1.165, 1.54) is 12.2 Å². The molecule has 0 aliphatic rings. The number of para-hydroxylation sites is 1. The molecule has 0 fully saturated rings. The van der Waals surface area contributed by atoms with Gasteiger partial charge in [0.05, 0.1) is 11.4 Å². The molecule has 4 heteroatoms. The maximum Gasteiger partial charge on any atom is 0.240 e. The van der Waals surface area contributed by atoms with E-state index in [-0.39, 0.29) is 0 Å². The van der Waals surface area contributed by atoms with Gasteiger partial charge in [0.2, 0.25) is 12.2 Å². The Kier molecular flexibility index (Phi) is 4.52. The average Bonchev–Trinajstić information content (AvgIpc) is 2.48. The fourth-order valence-corrected chi connectivity index (χ4v) is 1.68. The summed E-state index contributed by atoms with van der Waals surface area (Å²) in [5.74, 6) is 0. The molecule has 0 amide bonds. The van der Waals surface area contributed by atoms with Crippen LogP contribution in [0.5, 0.6) is 0 Å². The third-order valence-corrected chi connectivity index (χ3v) is 2.63. The molecule has 0 aliphatic carbocycles. The van der Waals surface area contributed by atoms with Crippen molar-refractivity contribution in [1.82, 2.24) is 0 Å². The van der Waals surface area contributed by atoms with Gasteiger partial charge in [-0.1, -0.05) is 42.5 Å². The molecule has 20 heavy (non-hydrogen) atoms. The molecule has 0 bridgehead atoms. The molecule has 0 aromatic heterocycles. The van der Waals surface area contributed by atoms with Crippen molar-refractivity contribution in [3.05, 3.63) is 59.7 Å². The first-order chi connectivity index (χ1) is 9.83. The molecule has 0 unspecified atom stereocenters. The van der Waals surface area contributed by atoms with Crippen molar-refractivity contribution < 1.29 is 9.59 Å². The van der Waals surface area contributed by atoms with Gasteiger partial charge in [0.1, 0.15) is 0 Å². The van der Waals surface area contributed by atoms with E-state index in [1.54, 1.807) is 24.3 Å². The minimum atomic E-state index is 0.558. The summed E-state index contributed by atoms with van der Waals surface area (Å²) in [7, 11) is 0. The van der Waals surface area contributed by atoms with Crippen LogP contribution in [-0.4, -0.2) is 12.2 Å². The summed E-state index contributed by atoms with van der Waals surface area (Å²) in [5, 5.41) is 0. The Balaban J connectivity index is 2.25. The van der Waals surface area contributed by atoms with Gasteiger partial charge in [-0.25, -0.2) is 9.59 Å². The quantitative estimate of drug-likeness (QED) is 0.478. The third-order valence-electron chi connectivity index (χ3n) is 2.63. The monoisotopic (exact) mass is 262 g/mol. The topological polar surface area (TPSA) is 58.9 Å². The molecular weight excluding hydrogens is 252 g/mol. The molecule has 0 heterocycles. The van der Waals surface area contributed by atoms with Gasteiger partial charge in [-0.2, -0.15) is 9.98 Å². The molecule has 4 nitrogen and oxygen atoms in total. The van der Waals surface area contributed by atoms with Crippen LogP contribution in [0.3, 0.4) is 0 Å². The Morgan fingerprint density at radius 3 is 2.20 bits per heavy atom. The molecular formula is C16H10N2O2. The highest BCUT2D eigenvalue weighted by Crippen LogP contribution is 2.21. The van der Waals surface area contributed by atoms with Gasteiger partial charge in [0.25, 0.3) is 0 Å². The summed E-state index contributed by atoms with van der Waals surface area (Å²) in [4.78, 5) is 27.6. The van der Waals surface area contributed by atoms with Gasteiger partial charge in [-0.3, -0.25) is 0 Å². The Hall–Kier alpha value is -3.06. The summed E-state index contributed by atoms with van der Waals surface area (Å²) >= 11 is 0. The molecule has 96 valence electrons. The molecule has 2 aromatic rings. The second-order valence-electron chi connectivity index (χ2n) is 3.89. The van der Waals surface area contributed by atoms with Crippen LogP contribution in [0, 0.1) is 0 Å². The van der Waals surface area contributed by atoms with Gasteiger partial charge in [-0.05, 0) is 23.8 Å². The first kappa shape index (κ1) is 13.4. The maximum atomic E-state index is 10.3. The normalized spacial score (nSPS) is 9.80. The summed E-state index contributed by atoms with van der Waals surface area (Å²) in [5.41, 5.74) is 2.90. The fraction of sp³-hybridized carbons (Fsp3) is 0. The average molecular weight is 262 g/mol. The van der Waals surface area contributed by atoms with Crippen molar-refractivity contribution in [2.24, 2.45) is 9.98 Å². The lowest BCUT2D eigenvalue weighted by molar-refractivity contribution is 0.564. The fourth-order valence-electron chi connectivity index (χ4n) is 1.68. The van der Waals surface area contributed by atoms with E-state index in [2.05, 4.69) is 9.98 Å². The number of benzene rings is 2. The van der Waals surface area contributed by atoms with Crippen molar-refractivity contribution in [2.75, 3.05) is 0 Å². The number of rotatable bonds is 4. The van der Waals surface area contributed by atoms with Crippen LogP contribution < -0.4 is 0 Å². The van der Waals surface area contributed by atoms with Gasteiger partial charge in [0.15, 0.2) is 0 Å². The second kappa shape index (κ2) is 6.76. The predicted octanol–water partition coefficient (Wildman–Crippen LogP) is 3.79. The standard InChI is InChI=1S/C16H10N2O2/c19-11-17-15-9-6-13(7-10-15)5-8-14-3-1-2-4-16(14)18-12-20/h1-10H/b8-5+. The molecule has 0 saturated carbocycles. The highest BCUT2D eigenvalue weighted by molar-refractivity contribution is 5.76. The number of hydrogen-bond donors (Lipinski definition) is 0. The SMILES string of the molecule is O=C=Nc1ccc(/C=C/c2ccccc2N=C=O)cc1. The Bertz CT molecular complexity index is 720. The number of aliphatic imine (C=N–C) groups is 2. The van der Waals surface area contributed by atoms with Crippen LogP contribution in [-0.2, 0) is 9.59 Å². The molecule has 0 aliphatic heterocycles. The molecule has 0 N–H and O–H groups in total. The summed E-state index contributed by atoms with van der Waals surface area (Å²) in [6.45, 7) is 0. The lowest BCUT2D eigenvalue weighted by Crippen LogP contribution is -1.75. The molecule has 0 atom stereocenters. The van der Waals surface area contributed by atoms with Gasteiger partial charge in [0, 0.05) is 5.56 Å². The number of isocyanates is 2. The zero-order chi connectivity index (χ0) is 14.2. The van der Waals surface area contributed by atoms with Crippen molar-refractivity contribution in [3.63, 3.8) is 0 Å². The van der Waals surface area contributed by atoms with Crippen LogP contribution in [0.25, 0.3) is 12.2 Å². The minimum Gasteiger partial charge on any atom is -0.211 e. The Morgan fingerprint density at radius 2 is 1.50 bits per heavy atom. The smallest absolute Gasteiger partial charge is 0.211 e. The second-order valence-corrected chi connectivity index (χ2v) is 3.89. The highest BCUT2D eigenvalue weighted by Gasteiger charge is 1.96. The largest absolute Gasteiger partial charge is 0.240 e. The lowest BCUT2D eigenvalue weighted by atomic mass is 10.1. The predicted molar refractivity (Wildman–Crippen MR) is 77.4 cm³/mol.